The molecule has 0 radical (unpaired) electrons. The Labute approximate surface area is 168 Å². The van der Waals surface area contributed by atoms with E-state index >= 15 is 0 Å². The maximum absolute atomic E-state index is 12.8. The van der Waals surface area contributed by atoms with Gasteiger partial charge in [-0.3, -0.25) is 18.7 Å². The number of aryl methyl sites for hydroxylation is 1. The quantitative estimate of drug-likeness (QED) is 0.614. The first-order valence-corrected chi connectivity index (χ1v) is 9.58. The van der Waals surface area contributed by atoms with E-state index in [-0.39, 0.29) is 24.6 Å². The molecule has 0 spiro atoms. The van der Waals surface area contributed by atoms with Crippen LogP contribution >= 0.6 is 0 Å². The summed E-state index contributed by atoms with van der Waals surface area (Å²) >= 11 is 0. The van der Waals surface area contributed by atoms with E-state index in [1.165, 1.54) is 9.47 Å². The van der Waals surface area contributed by atoms with Gasteiger partial charge in [-0.25, -0.2) is 4.79 Å². The molecular formula is C22H25N3O4. The normalized spacial score (nSPS) is 10.9. The SMILES string of the molecule is CCn1c(=O)c2ccccc2n(CC(=O)N(C)CCOc2ccccc2C)c1=O. The number of hydrogen-bond donors (Lipinski definition) is 0. The van der Waals surface area contributed by atoms with Crippen LogP contribution in [0.3, 0.4) is 0 Å². The molecule has 3 rings (SSSR count). The average molecular weight is 395 g/mol. The second kappa shape index (κ2) is 8.77. The Morgan fingerprint density at radius 2 is 1.72 bits per heavy atom. The molecule has 1 amide bonds. The van der Waals surface area contributed by atoms with Gasteiger partial charge in [0.2, 0.25) is 5.91 Å². The molecule has 7 nitrogen and oxygen atoms in total. The number of aromatic nitrogens is 2. The van der Waals surface area contributed by atoms with Crippen molar-refractivity contribution in [2.45, 2.75) is 26.9 Å². The summed E-state index contributed by atoms with van der Waals surface area (Å²) in [6, 6.07) is 14.5. The van der Waals surface area contributed by atoms with Crippen molar-refractivity contribution in [2.24, 2.45) is 0 Å². The number of para-hydroxylation sites is 2. The predicted molar refractivity (Wildman–Crippen MR) is 112 cm³/mol. The van der Waals surface area contributed by atoms with Gasteiger partial charge in [0.1, 0.15) is 18.9 Å². The monoisotopic (exact) mass is 395 g/mol. The molecule has 0 aliphatic carbocycles. The number of carbonyl (C=O) groups is 1. The Bertz CT molecular complexity index is 1150. The second-order valence-electron chi connectivity index (χ2n) is 6.86. The molecule has 0 unspecified atom stereocenters. The number of rotatable bonds is 7. The van der Waals surface area contributed by atoms with E-state index in [2.05, 4.69) is 0 Å². The van der Waals surface area contributed by atoms with Gasteiger partial charge in [0.25, 0.3) is 5.56 Å². The summed E-state index contributed by atoms with van der Waals surface area (Å²) < 4.78 is 8.26. The van der Waals surface area contributed by atoms with Gasteiger partial charge in [-0.1, -0.05) is 30.3 Å². The minimum atomic E-state index is -0.478. The lowest BCUT2D eigenvalue weighted by molar-refractivity contribution is -0.130. The van der Waals surface area contributed by atoms with Gasteiger partial charge < -0.3 is 9.64 Å². The van der Waals surface area contributed by atoms with E-state index in [1.807, 2.05) is 31.2 Å². The number of fused-ring (bicyclic) bond motifs is 1. The molecule has 1 heterocycles. The molecule has 29 heavy (non-hydrogen) atoms. The van der Waals surface area contributed by atoms with Crippen LogP contribution in [0.2, 0.25) is 0 Å². The van der Waals surface area contributed by atoms with Crippen LogP contribution in [0.25, 0.3) is 10.9 Å². The summed E-state index contributed by atoms with van der Waals surface area (Å²) in [6.45, 7) is 4.53. The van der Waals surface area contributed by atoms with E-state index in [0.717, 1.165) is 15.9 Å². The first-order chi connectivity index (χ1) is 13.9. The van der Waals surface area contributed by atoms with E-state index in [9.17, 15) is 14.4 Å². The van der Waals surface area contributed by atoms with Crippen LogP contribution in [0.1, 0.15) is 12.5 Å². The van der Waals surface area contributed by atoms with Crippen molar-refractivity contribution in [1.29, 1.82) is 0 Å². The zero-order valence-corrected chi connectivity index (χ0v) is 16.9. The second-order valence-corrected chi connectivity index (χ2v) is 6.86. The van der Waals surface area contributed by atoms with E-state index < -0.39 is 5.69 Å². The number of hydrogen-bond acceptors (Lipinski definition) is 4. The molecule has 7 heteroatoms. The number of amides is 1. The first kappa shape index (κ1) is 20.4. The van der Waals surface area contributed by atoms with Gasteiger partial charge >= 0.3 is 5.69 Å². The Morgan fingerprint density at radius 1 is 1.03 bits per heavy atom. The van der Waals surface area contributed by atoms with E-state index in [1.54, 1.807) is 38.2 Å². The third-order valence-corrected chi connectivity index (χ3v) is 4.95. The van der Waals surface area contributed by atoms with Crippen molar-refractivity contribution in [1.82, 2.24) is 14.0 Å². The fourth-order valence-corrected chi connectivity index (χ4v) is 3.19. The predicted octanol–water partition coefficient (Wildman–Crippen LogP) is 2.03. The van der Waals surface area contributed by atoms with Crippen LogP contribution < -0.4 is 16.0 Å². The van der Waals surface area contributed by atoms with Crippen LogP contribution in [0.4, 0.5) is 0 Å². The minimum absolute atomic E-state index is 0.138. The number of carbonyl (C=O) groups excluding carboxylic acids is 1. The Kier molecular flexibility index (Phi) is 6.16. The molecule has 0 aliphatic heterocycles. The molecule has 0 N–H and O–H groups in total. The van der Waals surface area contributed by atoms with Crippen molar-refractivity contribution in [3.05, 3.63) is 74.9 Å². The van der Waals surface area contributed by atoms with Crippen LogP contribution in [0, 0.1) is 6.92 Å². The zero-order valence-electron chi connectivity index (χ0n) is 16.9. The lowest BCUT2D eigenvalue weighted by atomic mass is 10.2. The summed E-state index contributed by atoms with van der Waals surface area (Å²) in [6.07, 6.45) is 0. The smallest absolute Gasteiger partial charge is 0.331 e. The van der Waals surface area contributed by atoms with Crippen molar-refractivity contribution in [2.75, 3.05) is 20.2 Å². The van der Waals surface area contributed by atoms with Crippen molar-refractivity contribution in [3.63, 3.8) is 0 Å². The van der Waals surface area contributed by atoms with Crippen molar-refractivity contribution < 1.29 is 9.53 Å². The highest BCUT2D eigenvalue weighted by Gasteiger charge is 2.16. The van der Waals surface area contributed by atoms with Gasteiger partial charge in [-0.05, 0) is 37.6 Å². The lowest BCUT2D eigenvalue weighted by Crippen LogP contribution is -2.43. The fourth-order valence-electron chi connectivity index (χ4n) is 3.19. The maximum Gasteiger partial charge on any atom is 0.331 e. The van der Waals surface area contributed by atoms with Crippen LogP contribution in [-0.2, 0) is 17.9 Å². The summed E-state index contributed by atoms with van der Waals surface area (Å²) in [4.78, 5) is 39.5. The topological polar surface area (TPSA) is 73.5 Å². The highest BCUT2D eigenvalue weighted by molar-refractivity contribution is 5.81. The number of benzene rings is 2. The van der Waals surface area contributed by atoms with Crippen molar-refractivity contribution >= 4 is 16.8 Å². The Balaban J connectivity index is 1.76. The van der Waals surface area contributed by atoms with Gasteiger partial charge in [0, 0.05) is 13.6 Å². The molecule has 0 bridgehead atoms. The molecule has 0 atom stereocenters. The number of nitrogens with zero attached hydrogens (tertiary/aromatic N) is 3. The summed E-state index contributed by atoms with van der Waals surface area (Å²) in [5.41, 5.74) is 0.678. The number of ether oxygens (including phenoxy) is 1. The highest BCUT2D eigenvalue weighted by atomic mass is 16.5. The third kappa shape index (κ3) is 4.23. The van der Waals surface area contributed by atoms with Crippen LogP contribution in [0.15, 0.2) is 58.1 Å². The van der Waals surface area contributed by atoms with Gasteiger partial charge in [0.15, 0.2) is 0 Å². The molecule has 0 saturated carbocycles. The molecule has 0 saturated heterocycles. The van der Waals surface area contributed by atoms with Crippen LogP contribution in [0.5, 0.6) is 5.75 Å². The average Bonchev–Trinajstić information content (AvgIpc) is 2.72. The molecule has 152 valence electrons. The lowest BCUT2D eigenvalue weighted by Gasteiger charge is -2.20. The zero-order chi connectivity index (χ0) is 21.0. The summed E-state index contributed by atoms with van der Waals surface area (Å²) in [5.74, 6) is 0.553. The minimum Gasteiger partial charge on any atom is -0.491 e. The Hall–Kier alpha value is -3.35. The molecule has 3 aromatic rings. The molecule has 1 aromatic heterocycles. The molecular weight excluding hydrogens is 370 g/mol. The Morgan fingerprint density at radius 3 is 2.45 bits per heavy atom. The first-order valence-electron chi connectivity index (χ1n) is 9.58. The van der Waals surface area contributed by atoms with Gasteiger partial charge in [-0.2, -0.15) is 0 Å². The highest BCUT2D eigenvalue weighted by Crippen LogP contribution is 2.15. The van der Waals surface area contributed by atoms with Crippen molar-refractivity contribution in [3.8, 4) is 5.75 Å². The number of likely N-dealkylation sites (N-methyl/N-ethyl adjacent to an activating group) is 1. The van der Waals surface area contributed by atoms with E-state index in [0.29, 0.717) is 24.1 Å². The van der Waals surface area contributed by atoms with Gasteiger partial charge in [-0.15, -0.1) is 0 Å². The molecule has 0 aliphatic rings. The summed E-state index contributed by atoms with van der Waals surface area (Å²) in [7, 11) is 1.67. The standard InChI is InChI=1S/C22H25N3O4/c1-4-24-21(27)17-10-6-7-11-18(17)25(22(24)28)15-20(26)23(3)13-14-29-19-12-8-5-9-16(19)2/h5-12H,4,13-15H2,1-3H3. The molecule has 0 fully saturated rings. The van der Waals surface area contributed by atoms with Crippen LogP contribution in [-0.4, -0.2) is 40.1 Å². The maximum atomic E-state index is 12.8. The molecule has 2 aromatic carbocycles. The third-order valence-electron chi connectivity index (χ3n) is 4.95. The van der Waals surface area contributed by atoms with E-state index in [4.69, 9.17) is 4.74 Å². The largest absolute Gasteiger partial charge is 0.491 e. The van der Waals surface area contributed by atoms with Gasteiger partial charge in [0.05, 0.1) is 17.4 Å². The summed E-state index contributed by atoms with van der Waals surface area (Å²) in [5, 5.41) is 0.423. The fraction of sp³-hybridized carbons (Fsp3) is 0.318.